The molecule has 3 heteroatoms. The van der Waals surface area contributed by atoms with Crippen LogP contribution < -0.4 is 5.73 Å². The fourth-order valence-corrected chi connectivity index (χ4v) is 2.54. The van der Waals surface area contributed by atoms with Gasteiger partial charge in [0.25, 0.3) is 0 Å². The molecule has 0 bridgehead atoms. The Bertz CT molecular complexity index is 314. The van der Waals surface area contributed by atoms with Crippen LogP contribution in [0.2, 0.25) is 0 Å². The highest BCUT2D eigenvalue weighted by molar-refractivity contribution is 5.29. The van der Waals surface area contributed by atoms with E-state index >= 15 is 0 Å². The van der Waals surface area contributed by atoms with Gasteiger partial charge in [-0.3, -0.25) is 0 Å². The lowest BCUT2D eigenvalue weighted by molar-refractivity contribution is 0.271. The molecular formula is C13H21N3. The van der Waals surface area contributed by atoms with Gasteiger partial charge in [0.05, 0.1) is 0 Å². The molecule has 1 fully saturated rings. The predicted octanol–water partition coefficient (Wildman–Crippen LogP) is 2.29. The molecule has 16 heavy (non-hydrogen) atoms. The summed E-state index contributed by atoms with van der Waals surface area (Å²) in [6.07, 6.45) is 7.53. The van der Waals surface area contributed by atoms with E-state index in [0.717, 1.165) is 12.5 Å². The molecule has 88 valence electrons. The maximum Gasteiger partial charge on any atom is 0.123 e. The van der Waals surface area contributed by atoms with Crippen molar-refractivity contribution in [2.45, 2.75) is 32.2 Å². The largest absolute Gasteiger partial charge is 0.384 e. The van der Waals surface area contributed by atoms with Gasteiger partial charge in [0, 0.05) is 19.3 Å². The van der Waals surface area contributed by atoms with Crippen molar-refractivity contribution in [2.24, 2.45) is 5.92 Å². The van der Waals surface area contributed by atoms with E-state index in [4.69, 9.17) is 5.73 Å². The second-order valence-corrected chi connectivity index (χ2v) is 4.94. The van der Waals surface area contributed by atoms with E-state index in [9.17, 15) is 0 Å². The smallest absolute Gasteiger partial charge is 0.123 e. The number of nitrogen functional groups attached to an aromatic ring is 1. The van der Waals surface area contributed by atoms with Crippen molar-refractivity contribution in [3.63, 3.8) is 0 Å². The fourth-order valence-electron chi connectivity index (χ4n) is 2.54. The Balaban J connectivity index is 1.81. The van der Waals surface area contributed by atoms with Gasteiger partial charge < -0.3 is 10.6 Å². The van der Waals surface area contributed by atoms with Crippen LogP contribution in [0.4, 0.5) is 5.82 Å². The Morgan fingerprint density at radius 3 is 2.75 bits per heavy atom. The molecule has 2 rings (SSSR count). The van der Waals surface area contributed by atoms with Gasteiger partial charge in [0.1, 0.15) is 5.82 Å². The van der Waals surface area contributed by atoms with Crippen LogP contribution in [0, 0.1) is 5.92 Å². The van der Waals surface area contributed by atoms with Crippen molar-refractivity contribution in [1.82, 2.24) is 9.88 Å². The molecule has 0 unspecified atom stereocenters. The Labute approximate surface area is 97.7 Å². The first-order valence-corrected chi connectivity index (χ1v) is 6.13. The molecule has 0 amide bonds. The van der Waals surface area contributed by atoms with Crippen LogP contribution in [0.5, 0.6) is 0 Å². The molecule has 1 heterocycles. The Morgan fingerprint density at radius 2 is 2.12 bits per heavy atom. The molecule has 1 aromatic rings. The zero-order valence-electron chi connectivity index (χ0n) is 10.0. The molecule has 0 spiro atoms. The summed E-state index contributed by atoms with van der Waals surface area (Å²) in [7, 11) is 2.19. The Kier molecular flexibility index (Phi) is 3.78. The van der Waals surface area contributed by atoms with Crippen molar-refractivity contribution in [3.05, 3.63) is 23.9 Å². The zero-order valence-corrected chi connectivity index (χ0v) is 10.0. The number of pyridine rings is 1. The lowest BCUT2D eigenvalue weighted by Crippen LogP contribution is -2.24. The SMILES string of the molecule is CN(Cc1ccc(N)nc1)CC1CCCC1. The molecule has 1 aromatic heterocycles. The van der Waals surface area contributed by atoms with Crippen LogP contribution in [-0.4, -0.2) is 23.5 Å². The van der Waals surface area contributed by atoms with Gasteiger partial charge in [-0.15, -0.1) is 0 Å². The molecule has 1 aliphatic carbocycles. The second kappa shape index (κ2) is 5.30. The van der Waals surface area contributed by atoms with E-state index in [1.54, 1.807) is 0 Å². The molecule has 0 aromatic carbocycles. The molecule has 2 N–H and O–H groups in total. The van der Waals surface area contributed by atoms with Crippen molar-refractivity contribution in [2.75, 3.05) is 19.3 Å². The summed E-state index contributed by atoms with van der Waals surface area (Å²) in [5.74, 6) is 1.51. The van der Waals surface area contributed by atoms with Crippen LogP contribution in [0.1, 0.15) is 31.2 Å². The first-order valence-electron chi connectivity index (χ1n) is 6.13. The normalized spacial score (nSPS) is 17.1. The topological polar surface area (TPSA) is 42.1 Å². The van der Waals surface area contributed by atoms with Gasteiger partial charge in [-0.1, -0.05) is 18.9 Å². The average molecular weight is 219 g/mol. The molecule has 3 nitrogen and oxygen atoms in total. The molecule has 0 saturated heterocycles. The van der Waals surface area contributed by atoms with Gasteiger partial charge in [-0.25, -0.2) is 4.98 Å². The summed E-state index contributed by atoms with van der Waals surface area (Å²) in [6.45, 7) is 2.19. The van der Waals surface area contributed by atoms with E-state index in [2.05, 4.69) is 23.0 Å². The standard InChI is InChI=1S/C13H21N3/c1-16(9-11-4-2-3-5-11)10-12-6-7-13(14)15-8-12/h6-8,11H,2-5,9-10H2,1H3,(H2,14,15). The zero-order chi connectivity index (χ0) is 11.4. The van der Waals surface area contributed by atoms with Crippen molar-refractivity contribution in [3.8, 4) is 0 Å². The minimum Gasteiger partial charge on any atom is -0.384 e. The lowest BCUT2D eigenvalue weighted by atomic mass is 10.1. The molecule has 1 aliphatic rings. The van der Waals surface area contributed by atoms with E-state index in [-0.39, 0.29) is 0 Å². The first-order chi connectivity index (χ1) is 7.74. The van der Waals surface area contributed by atoms with Crippen molar-refractivity contribution in [1.29, 1.82) is 0 Å². The van der Waals surface area contributed by atoms with Gasteiger partial charge in [-0.2, -0.15) is 0 Å². The van der Waals surface area contributed by atoms with Gasteiger partial charge in [0.15, 0.2) is 0 Å². The second-order valence-electron chi connectivity index (χ2n) is 4.94. The maximum absolute atomic E-state index is 5.56. The highest BCUT2D eigenvalue weighted by Gasteiger charge is 2.16. The molecular weight excluding hydrogens is 198 g/mol. The van der Waals surface area contributed by atoms with Gasteiger partial charge in [-0.05, 0) is 37.4 Å². The van der Waals surface area contributed by atoms with Gasteiger partial charge in [0.2, 0.25) is 0 Å². The van der Waals surface area contributed by atoms with Crippen molar-refractivity contribution < 1.29 is 0 Å². The lowest BCUT2D eigenvalue weighted by Gasteiger charge is -2.20. The molecule has 0 aliphatic heterocycles. The van der Waals surface area contributed by atoms with E-state index in [0.29, 0.717) is 5.82 Å². The van der Waals surface area contributed by atoms with Crippen LogP contribution in [0.25, 0.3) is 0 Å². The number of rotatable bonds is 4. The van der Waals surface area contributed by atoms with Crippen LogP contribution >= 0.6 is 0 Å². The highest BCUT2D eigenvalue weighted by Crippen LogP contribution is 2.25. The Morgan fingerprint density at radius 1 is 1.38 bits per heavy atom. The van der Waals surface area contributed by atoms with Gasteiger partial charge >= 0.3 is 0 Å². The number of hydrogen-bond acceptors (Lipinski definition) is 3. The number of anilines is 1. The third-order valence-electron chi connectivity index (χ3n) is 3.34. The third-order valence-corrected chi connectivity index (χ3v) is 3.34. The highest BCUT2D eigenvalue weighted by atomic mass is 15.1. The van der Waals surface area contributed by atoms with E-state index < -0.39 is 0 Å². The monoisotopic (exact) mass is 219 g/mol. The maximum atomic E-state index is 5.56. The summed E-state index contributed by atoms with van der Waals surface area (Å²) >= 11 is 0. The number of nitrogens with zero attached hydrogens (tertiary/aromatic N) is 2. The third kappa shape index (κ3) is 3.20. The summed E-state index contributed by atoms with van der Waals surface area (Å²) in [5, 5.41) is 0. The minimum atomic E-state index is 0.599. The van der Waals surface area contributed by atoms with E-state index in [1.807, 2.05) is 12.3 Å². The Hall–Kier alpha value is -1.09. The molecule has 1 saturated carbocycles. The number of aromatic nitrogens is 1. The molecule has 0 atom stereocenters. The van der Waals surface area contributed by atoms with Crippen LogP contribution in [0.15, 0.2) is 18.3 Å². The predicted molar refractivity (Wildman–Crippen MR) is 66.9 cm³/mol. The van der Waals surface area contributed by atoms with Crippen LogP contribution in [0.3, 0.4) is 0 Å². The number of hydrogen-bond donors (Lipinski definition) is 1. The first kappa shape index (κ1) is 11.4. The average Bonchev–Trinajstić information content (AvgIpc) is 2.74. The van der Waals surface area contributed by atoms with Crippen LogP contribution in [-0.2, 0) is 6.54 Å². The molecule has 0 radical (unpaired) electrons. The summed E-state index contributed by atoms with van der Waals surface area (Å²) in [6, 6.07) is 3.94. The number of nitrogens with two attached hydrogens (primary N) is 1. The van der Waals surface area contributed by atoms with Crippen molar-refractivity contribution >= 4 is 5.82 Å². The summed E-state index contributed by atoms with van der Waals surface area (Å²) < 4.78 is 0. The quantitative estimate of drug-likeness (QED) is 0.844. The fraction of sp³-hybridized carbons (Fsp3) is 0.615. The minimum absolute atomic E-state index is 0.599. The summed E-state index contributed by atoms with van der Waals surface area (Å²) in [4.78, 5) is 6.51. The van der Waals surface area contributed by atoms with E-state index in [1.165, 1.54) is 37.8 Å². The summed E-state index contributed by atoms with van der Waals surface area (Å²) in [5.41, 5.74) is 6.81.